The van der Waals surface area contributed by atoms with E-state index in [1.165, 1.54) is 18.6 Å². The third kappa shape index (κ3) is 3.15. The minimum absolute atomic E-state index is 0.00686. The predicted molar refractivity (Wildman–Crippen MR) is 96.7 cm³/mol. The lowest BCUT2D eigenvalue weighted by atomic mass is 9.77. The highest BCUT2D eigenvalue weighted by atomic mass is 19.1. The summed E-state index contributed by atoms with van der Waals surface area (Å²) < 4.78 is 13.8. The lowest BCUT2D eigenvalue weighted by Gasteiger charge is -2.51. The Kier molecular flexibility index (Phi) is 4.79. The van der Waals surface area contributed by atoms with Crippen LogP contribution in [0.2, 0.25) is 0 Å². The number of hydrogen-bond donors (Lipinski definition) is 1. The van der Waals surface area contributed by atoms with Gasteiger partial charge in [0.25, 0.3) is 0 Å². The monoisotopic (exact) mass is 356 g/mol. The predicted octanol–water partition coefficient (Wildman–Crippen LogP) is 3.49. The van der Waals surface area contributed by atoms with Gasteiger partial charge in [-0.15, -0.1) is 0 Å². The molecule has 0 bridgehead atoms. The minimum atomic E-state index is -0.743. The number of fused-ring (bicyclic) bond motifs is 1. The molecule has 3 aliphatic rings. The largest absolute Gasteiger partial charge is 0.351 e. The molecule has 1 N–H and O–H groups in total. The quantitative estimate of drug-likeness (QED) is 0.663. The molecule has 4 nitrogen and oxygen atoms in total. The summed E-state index contributed by atoms with van der Waals surface area (Å²) in [7, 11) is 0. The van der Waals surface area contributed by atoms with E-state index in [2.05, 4.69) is 11.4 Å². The van der Waals surface area contributed by atoms with Crippen molar-refractivity contribution < 1.29 is 14.0 Å². The summed E-state index contributed by atoms with van der Waals surface area (Å²) in [5, 5.41) is 3.13. The van der Waals surface area contributed by atoms with Crippen LogP contribution in [0, 0.1) is 11.7 Å². The first-order valence-electron chi connectivity index (χ1n) is 9.68. The molecular weight excluding hydrogens is 331 g/mol. The van der Waals surface area contributed by atoms with E-state index in [-0.39, 0.29) is 35.6 Å². The van der Waals surface area contributed by atoms with Crippen LogP contribution in [0.25, 0.3) is 0 Å². The van der Waals surface area contributed by atoms with Crippen LogP contribution >= 0.6 is 0 Å². The average molecular weight is 356 g/mol. The van der Waals surface area contributed by atoms with E-state index in [9.17, 15) is 14.0 Å². The number of β-lactam (4-membered cyclic amide) rings is 1. The van der Waals surface area contributed by atoms with Crippen LogP contribution in [0.15, 0.2) is 36.4 Å². The zero-order valence-corrected chi connectivity index (χ0v) is 14.9. The fourth-order valence-corrected chi connectivity index (χ4v) is 4.61. The lowest BCUT2D eigenvalue weighted by molar-refractivity contribution is -0.165. The van der Waals surface area contributed by atoms with Crippen molar-refractivity contribution in [3.8, 4) is 0 Å². The first-order chi connectivity index (χ1) is 12.6. The van der Waals surface area contributed by atoms with E-state index in [0.29, 0.717) is 5.56 Å². The molecule has 2 aliphatic carbocycles. The molecule has 1 unspecified atom stereocenters. The fourth-order valence-electron chi connectivity index (χ4n) is 4.61. The highest BCUT2D eigenvalue weighted by Gasteiger charge is 2.52. The van der Waals surface area contributed by atoms with Crippen molar-refractivity contribution >= 4 is 11.8 Å². The SMILES string of the molecule is O=C(NC1CCCCC1)C(c1cccc(F)c1)N1C(=O)[C@@H]2CC=CC[C@@H]21. The average Bonchev–Trinajstić information content (AvgIpc) is 2.66. The molecule has 2 fully saturated rings. The Hall–Kier alpha value is -2.17. The maximum atomic E-state index is 13.8. The summed E-state index contributed by atoms with van der Waals surface area (Å²) in [4.78, 5) is 27.5. The lowest BCUT2D eigenvalue weighted by Crippen LogP contribution is -2.64. The van der Waals surface area contributed by atoms with Crippen LogP contribution in [-0.4, -0.2) is 28.8 Å². The molecule has 1 aromatic carbocycles. The summed E-state index contributed by atoms with van der Waals surface area (Å²) in [6.45, 7) is 0. The second kappa shape index (κ2) is 7.22. The van der Waals surface area contributed by atoms with Crippen LogP contribution in [0.5, 0.6) is 0 Å². The number of nitrogens with zero attached hydrogens (tertiary/aromatic N) is 1. The number of carbonyl (C=O) groups excluding carboxylic acids is 2. The number of hydrogen-bond acceptors (Lipinski definition) is 2. The van der Waals surface area contributed by atoms with Gasteiger partial charge in [-0.05, 0) is 43.4 Å². The molecule has 0 radical (unpaired) electrons. The number of amides is 2. The summed E-state index contributed by atoms with van der Waals surface area (Å²) >= 11 is 0. The molecule has 3 atom stereocenters. The van der Waals surface area contributed by atoms with Crippen LogP contribution in [0.4, 0.5) is 4.39 Å². The topological polar surface area (TPSA) is 49.4 Å². The molecule has 1 heterocycles. The van der Waals surface area contributed by atoms with E-state index in [1.54, 1.807) is 17.0 Å². The zero-order chi connectivity index (χ0) is 18.1. The van der Waals surface area contributed by atoms with Gasteiger partial charge in [-0.3, -0.25) is 9.59 Å². The van der Waals surface area contributed by atoms with Crippen molar-refractivity contribution in [3.05, 3.63) is 47.8 Å². The van der Waals surface area contributed by atoms with Gasteiger partial charge in [-0.2, -0.15) is 0 Å². The van der Waals surface area contributed by atoms with Crippen molar-refractivity contribution in [2.45, 2.75) is 63.1 Å². The molecule has 1 aliphatic heterocycles. The highest BCUT2D eigenvalue weighted by molar-refractivity contribution is 5.94. The standard InChI is InChI=1S/C21H25FN2O2/c22-15-8-6-7-14(13-15)19(20(25)23-16-9-2-1-3-10-16)24-18-12-5-4-11-17(18)21(24)26/h4-8,13,16-19H,1-3,9-12H2,(H,23,25)/t17-,18+,19?/m1/s1. The normalized spacial score (nSPS) is 26.8. The third-order valence-electron chi connectivity index (χ3n) is 5.97. The van der Waals surface area contributed by atoms with Crippen LogP contribution in [0.1, 0.15) is 56.6 Å². The second-order valence-corrected chi connectivity index (χ2v) is 7.66. The number of halogens is 1. The fraction of sp³-hybridized carbons (Fsp3) is 0.524. The Balaban J connectivity index is 1.60. The molecule has 26 heavy (non-hydrogen) atoms. The van der Waals surface area contributed by atoms with E-state index in [1.807, 2.05) is 6.08 Å². The molecule has 2 amide bonds. The Morgan fingerprint density at radius 1 is 1.15 bits per heavy atom. The van der Waals surface area contributed by atoms with Gasteiger partial charge in [0.15, 0.2) is 0 Å². The molecular formula is C21H25FN2O2. The van der Waals surface area contributed by atoms with Crippen LogP contribution in [0.3, 0.4) is 0 Å². The van der Waals surface area contributed by atoms with Gasteiger partial charge in [-0.25, -0.2) is 4.39 Å². The summed E-state index contributed by atoms with van der Waals surface area (Å²) in [5.74, 6) is -0.583. The van der Waals surface area contributed by atoms with Crippen molar-refractivity contribution in [2.24, 2.45) is 5.92 Å². The third-order valence-corrected chi connectivity index (χ3v) is 5.97. The Morgan fingerprint density at radius 2 is 1.92 bits per heavy atom. The number of rotatable bonds is 4. The Bertz CT molecular complexity index is 726. The van der Waals surface area contributed by atoms with Gasteiger partial charge >= 0.3 is 0 Å². The van der Waals surface area contributed by atoms with E-state index >= 15 is 0 Å². The smallest absolute Gasteiger partial charge is 0.247 e. The van der Waals surface area contributed by atoms with Gasteiger partial charge in [0.2, 0.25) is 11.8 Å². The molecule has 0 aromatic heterocycles. The van der Waals surface area contributed by atoms with Crippen molar-refractivity contribution in [1.29, 1.82) is 0 Å². The van der Waals surface area contributed by atoms with E-state index in [4.69, 9.17) is 0 Å². The van der Waals surface area contributed by atoms with Gasteiger partial charge < -0.3 is 10.2 Å². The molecule has 1 aromatic rings. The first-order valence-corrected chi connectivity index (χ1v) is 9.68. The molecule has 0 spiro atoms. The number of nitrogens with one attached hydrogen (secondary N) is 1. The minimum Gasteiger partial charge on any atom is -0.351 e. The molecule has 138 valence electrons. The molecule has 1 saturated heterocycles. The summed E-state index contributed by atoms with van der Waals surface area (Å²) in [6, 6.07) is 5.55. The number of benzene rings is 1. The number of carbonyl (C=O) groups is 2. The van der Waals surface area contributed by atoms with Gasteiger partial charge in [0, 0.05) is 12.1 Å². The number of allylic oxidation sites excluding steroid dienone is 1. The highest BCUT2D eigenvalue weighted by Crippen LogP contribution is 2.41. The zero-order valence-electron chi connectivity index (χ0n) is 14.9. The Morgan fingerprint density at radius 3 is 2.69 bits per heavy atom. The summed E-state index contributed by atoms with van der Waals surface area (Å²) in [6.07, 6.45) is 11.0. The second-order valence-electron chi connectivity index (χ2n) is 7.66. The van der Waals surface area contributed by atoms with Crippen molar-refractivity contribution in [2.75, 3.05) is 0 Å². The molecule has 5 heteroatoms. The first kappa shape index (κ1) is 17.3. The van der Waals surface area contributed by atoms with E-state index < -0.39 is 6.04 Å². The van der Waals surface area contributed by atoms with Crippen LogP contribution in [-0.2, 0) is 9.59 Å². The van der Waals surface area contributed by atoms with Gasteiger partial charge in [-0.1, -0.05) is 43.5 Å². The van der Waals surface area contributed by atoms with E-state index in [0.717, 1.165) is 38.5 Å². The van der Waals surface area contributed by atoms with Crippen molar-refractivity contribution in [3.63, 3.8) is 0 Å². The van der Waals surface area contributed by atoms with Crippen molar-refractivity contribution in [1.82, 2.24) is 10.2 Å². The molecule has 4 rings (SSSR count). The molecule has 1 saturated carbocycles. The maximum absolute atomic E-state index is 13.8. The van der Waals surface area contributed by atoms with Crippen LogP contribution < -0.4 is 5.32 Å². The Labute approximate surface area is 153 Å². The maximum Gasteiger partial charge on any atom is 0.247 e. The summed E-state index contributed by atoms with van der Waals surface area (Å²) in [5.41, 5.74) is 0.555. The van der Waals surface area contributed by atoms with Gasteiger partial charge in [0.1, 0.15) is 11.9 Å². The number of likely N-dealkylation sites (tertiary alicyclic amines) is 1. The van der Waals surface area contributed by atoms with Gasteiger partial charge in [0.05, 0.1) is 5.92 Å².